The Bertz CT molecular complexity index is 242. The minimum atomic E-state index is -0.0255. The zero-order chi connectivity index (χ0) is 7.68. The minimum Gasteiger partial charge on any atom is -0.384 e. The van der Waals surface area contributed by atoms with Gasteiger partial charge >= 0.3 is 0 Å². The SMILES string of the molecule is O=C1CC2CC=CC=C2ON1. The number of carbonyl (C=O) groups is 1. The molecule has 58 valence electrons. The van der Waals surface area contributed by atoms with Crippen molar-refractivity contribution in [1.82, 2.24) is 5.48 Å². The van der Waals surface area contributed by atoms with Gasteiger partial charge in [-0.05, 0) is 12.5 Å². The van der Waals surface area contributed by atoms with Gasteiger partial charge in [0.25, 0.3) is 5.91 Å². The highest BCUT2D eigenvalue weighted by molar-refractivity contribution is 5.76. The Hall–Kier alpha value is -1.25. The fraction of sp³-hybridized carbons (Fsp3) is 0.375. The van der Waals surface area contributed by atoms with Crippen LogP contribution in [0.5, 0.6) is 0 Å². The molecule has 1 aliphatic carbocycles. The predicted molar refractivity (Wildman–Crippen MR) is 39.2 cm³/mol. The average Bonchev–Trinajstić information content (AvgIpc) is 2.04. The molecule has 0 aromatic heterocycles. The lowest BCUT2D eigenvalue weighted by atomic mass is 9.94. The summed E-state index contributed by atoms with van der Waals surface area (Å²) in [4.78, 5) is 15.8. The van der Waals surface area contributed by atoms with E-state index in [0.29, 0.717) is 6.42 Å². The molecule has 1 fully saturated rings. The van der Waals surface area contributed by atoms with Crippen LogP contribution in [0, 0.1) is 5.92 Å². The zero-order valence-electron chi connectivity index (χ0n) is 6.04. The molecule has 3 heteroatoms. The molecule has 1 N–H and O–H groups in total. The number of hydrogen-bond acceptors (Lipinski definition) is 2. The van der Waals surface area contributed by atoms with E-state index in [1.807, 2.05) is 12.2 Å². The molecule has 1 aliphatic heterocycles. The summed E-state index contributed by atoms with van der Waals surface area (Å²) in [5.41, 5.74) is 2.34. The number of hydroxylamine groups is 1. The number of rotatable bonds is 0. The molecule has 0 spiro atoms. The summed E-state index contributed by atoms with van der Waals surface area (Å²) in [6, 6.07) is 0. The molecule has 3 nitrogen and oxygen atoms in total. The van der Waals surface area contributed by atoms with Crippen LogP contribution in [-0.2, 0) is 9.63 Å². The van der Waals surface area contributed by atoms with E-state index in [2.05, 4.69) is 11.6 Å². The van der Waals surface area contributed by atoms with Crippen LogP contribution in [0.3, 0.4) is 0 Å². The highest BCUT2D eigenvalue weighted by atomic mass is 16.7. The van der Waals surface area contributed by atoms with Crippen molar-refractivity contribution >= 4 is 5.91 Å². The van der Waals surface area contributed by atoms with Gasteiger partial charge in [-0.1, -0.05) is 12.2 Å². The molecular weight excluding hydrogens is 142 g/mol. The highest BCUT2D eigenvalue weighted by Crippen LogP contribution is 2.26. The summed E-state index contributed by atoms with van der Waals surface area (Å²) in [6.07, 6.45) is 7.36. The van der Waals surface area contributed by atoms with Gasteiger partial charge in [-0.2, -0.15) is 5.48 Å². The third kappa shape index (κ3) is 1.13. The van der Waals surface area contributed by atoms with Crippen LogP contribution in [0.2, 0.25) is 0 Å². The molecule has 1 heterocycles. The topological polar surface area (TPSA) is 38.3 Å². The first-order valence-electron chi connectivity index (χ1n) is 3.68. The predicted octanol–water partition coefficient (Wildman–Crippen LogP) is 0.898. The lowest BCUT2D eigenvalue weighted by Crippen LogP contribution is -2.34. The number of hydrogen-bond donors (Lipinski definition) is 1. The maximum absolute atomic E-state index is 10.8. The van der Waals surface area contributed by atoms with Crippen molar-refractivity contribution in [2.75, 3.05) is 0 Å². The number of carbonyl (C=O) groups excluding carboxylic acids is 1. The minimum absolute atomic E-state index is 0.0255. The Morgan fingerprint density at radius 1 is 1.64 bits per heavy atom. The molecule has 11 heavy (non-hydrogen) atoms. The number of amides is 1. The highest BCUT2D eigenvalue weighted by Gasteiger charge is 2.25. The fourth-order valence-corrected chi connectivity index (χ4v) is 1.34. The summed E-state index contributed by atoms with van der Waals surface area (Å²) in [5, 5.41) is 0. The number of fused-ring (bicyclic) bond motifs is 1. The third-order valence-electron chi connectivity index (χ3n) is 1.93. The van der Waals surface area contributed by atoms with Crippen molar-refractivity contribution in [2.45, 2.75) is 12.8 Å². The monoisotopic (exact) mass is 151 g/mol. The van der Waals surface area contributed by atoms with E-state index in [0.717, 1.165) is 12.2 Å². The normalized spacial score (nSPS) is 28.2. The van der Waals surface area contributed by atoms with E-state index >= 15 is 0 Å². The Morgan fingerprint density at radius 3 is 3.45 bits per heavy atom. The summed E-state index contributed by atoms with van der Waals surface area (Å²) >= 11 is 0. The molecule has 0 saturated carbocycles. The van der Waals surface area contributed by atoms with Gasteiger partial charge in [-0.25, -0.2) is 0 Å². The molecule has 0 aromatic rings. The van der Waals surface area contributed by atoms with Gasteiger partial charge < -0.3 is 4.84 Å². The van der Waals surface area contributed by atoms with Gasteiger partial charge in [0.15, 0.2) is 0 Å². The Labute approximate surface area is 64.7 Å². The summed E-state index contributed by atoms with van der Waals surface area (Å²) in [6.45, 7) is 0. The molecule has 1 unspecified atom stereocenters. The second kappa shape index (κ2) is 2.42. The second-order valence-electron chi connectivity index (χ2n) is 2.76. The smallest absolute Gasteiger partial charge is 0.253 e. The Balaban J connectivity index is 2.16. The Kier molecular flexibility index (Phi) is 1.42. The van der Waals surface area contributed by atoms with Crippen molar-refractivity contribution in [1.29, 1.82) is 0 Å². The summed E-state index contributed by atoms with van der Waals surface area (Å²) < 4.78 is 0. The van der Waals surface area contributed by atoms with Crippen LogP contribution in [0.15, 0.2) is 24.0 Å². The largest absolute Gasteiger partial charge is 0.384 e. The molecule has 2 rings (SSSR count). The molecule has 2 aliphatic rings. The molecule has 1 atom stereocenters. The maximum atomic E-state index is 10.8. The van der Waals surface area contributed by atoms with E-state index in [9.17, 15) is 4.79 Å². The lowest BCUT2D eigenvalue weighted by Gasteiger charge is -2.25. The van der Waals surface area contributed by atoms with Crippen molar-refractivity contribution in [3.05, 3.63) is 24.0 Å². The van der Waals surface area contributed by atoms with E-state index in [1.54, 1.807) is 0 Å². The lowest BCUT2D eigenvalue weighted by molar-refractivity contribution is -0.136. The Morgan fingerprint density at radius 2 is 2.55 bits per heavy atom. The standard InChI is InChI=1S/C8H9NO2/c10-8-5-6-3-1-2-4-7(6)11-9-8/h1-2,4,6H,3,5H2,(H,9,10). The number of nitrogens with one attached hydrogen (secondary N) is 1. The number of allylic oxidation sites excluding steroid dienone is 4. The van der Waals surface area contributed by atoms with E-state index in [1.165, 1.54) is 0 Å². The molecular formula is C8H9NO2. The van der Waals surface area contributed by atoms with Gasteiger partial charge in [0.1, 0.15) is 5.76 Å². The van der Waals surface area contributed by atoms with Gasteiger partial charge in [0, 0.05) is 12.3 Å². The zero-order valence-corrected chi connectivity index (χ0v) is 6.04. The quantitative estimate of drug-likeness (QED) is 0.558. The summed E-state index contributed by atoms with van der Waals surface area (Å²) in [5.74, 6) is 1.13. The molecule has 0 bridgehead atoms. The van der Waals surface area contributed by atoms with E-state index in [-0.39, 0.29) is 11.8 Å². The second-order valence-corrected chi connectivity index (χ2v) is 2.76. The van der Waals surface area contributed by atoms with Gasteiger partial charge in [-0.3, -0.25) is 4.79 Å². The first-order valence-corrected chi connectivity index (χ1v) is 3.68. The van der Waals surface area contributed by atoms with Gasteiger partial charge in [0.05, 0.1) is 0 Å². The summed E-state index contributed by atoms with van der Waals surface area (Å²) in [7, 11) is 0. The van der Waals surface area contributed by atoms with E-state index in [4.69, 9.17) is 4.84 Å². The van der Waals surface area contributed by atoms with Crippen molar-refractivity contribution in [2.24, 2.45) is 5.92 Å². The van der Waals surface area contributed by atoms with Crippen molar-refractivity contribution in [3.63, 3.8) is 0 Å². The molecule has 0 aromatic carbocycles. The fourth-order valence-electron chi connectivity index (χ4n) is 1.34. The van der Waals surface area contributed by atoms with Crippen LogP contribution in [0.4, 0.5) is 0 Å². The van der Waals surface area contributed by atoms with E-state index < -0.39 is 0 Å². The van der Waals surface area contributed by atoms with Crippen LogP contribution in [0.25, 0.3) is 0 Å². The van der Waals surface area contributed by atoms with Crippen molar-refractivity contribution in [3.8, 4) is 0 Å². The van der Waals surface area contributed by atoms with Crippen LogP contribution < -0.4 is 5.48 Å². The van der Waals surface area contributed by atoms with Crippen LogP contribution in [-0.4, -0.2) is 5.91 Å². The van der Waals surface area contributed by atoms with Crippen LogP contribution >= 0.6 is 0 Å². The molecule has 1 saturated heterocycles. The first kappa shape index (κ1) is 6.46. The molecule has 1 amide bonds. The van der Waals surface area contributed by atoms with Gasteiger partial charge in [0.2, 0.25) is 0 Å². The van der Waals surface area contributed by atoms with Gasteiger partial charge in [-0.15, -0.1) is 0 Å². The average molecular weight is 151 g/mol. The van der Waals surface area contributed by atoms with Crippen LogP contribution in [0.1, 0.15) is 12.8 Å². The molecule has 0 radical (unpaired) electrons. The first-order chi connectivity index (χ1) is 5.36. The maximum Gasteiger partial charge on any atom is 0.253 e. The van der Waals surface area contributed by atoms with Crippen molar-refractivity contribution < 1.29 is 9.63 Å². The third-order valence-corrected chi connectivity index (χ3v) is 1.93.